The monoisotopic (exact) mass is 421 g/mol. The molecule has 0 atom stereocenters. The quantitative estimate of drug-likeness (QED) is 0.467. The van der Waals surface area contributed by atoms with Crippen molar-refractivity contribution < 1.29 is 13.2 Å². The van der Waals surface area contributed by atoms with Crippen LogP contribution in [0.15, 0.2) is 88.9 Å². The van der Waals surface area contributed by atoms with Gasteiger partial charge in [-0.1, -0.05) is 65.7 Å². The molecule has 0 saturated heterocycles. The Morgan fingerprint density at radius 1 is 0.900 bits per heavy atom. The second-order valence-corrected chi connectivity index (χ2v) is 8.73. The molecular formula is C23H23N3O3S. The molecule has 0 fully saturated rings. The number of aryl methyl sites for hydroxylation is 2. The second-order valence-electron chi connectivity index (χ2n) is 6.86. The van der Waals surface area contributed by atoms with Crippen LogP contribution in [0.1, 0.15) is 16.7 Å². The van der Waals surface area contributed by atoms with Crippen molar-refractivity contribution in [2.45, 2.75) is 18.7 Å². The zero-order chi connectivity index (χ0) is 21.6. The summed E-state index contributed by atoms with van der Waals surface area (Å²) in [6, 6.07) is 22.8. The molecule has 0 radical (unpaired) electrons. The smallest absolute Gasteiger partial charge is 0.264 e. The van der Waals surface area contributed by atoms with Gasteiger partial charge in [0, 0.05) is 0 Å². The van der Waals surface area contributed by atoms with Crippen LogP contribution in [0.25, 0.3) is 0 Å². The molecule has 0 spiro atoms. The lowest BCUT2D eigenvalue weighted by molar-refractivity contribution is -0.119. The molecule has 3 aromatic rings. The van der Waals surface area contributed by atoms with E-state index >= 15 is 0 Å². The number of anilines is 1. The molecule has 3 rings (SSSR count). The Labute approximate surface area is 176 Å². The Balaban J connectivity index is 1.84. The summed E-state index contributed by atoms with van der Waals surface area (Å²) < 4.78 is 27.6. The van der Waals surface area contributed by atoms with Gasteiger partial charge in [0.1, 0.15) is 6.54 Å². The molecule has 0 unspecified atom stereocenters. The van der Waals surface area contributed by atoms with Gasteiger partial charge < -0.3 is 0 Å². The Kier molecular flexibility index (Phi) is 6.64. The van der Waals surface area contributed by atoms with Crippen molar-refractivity contribution in [3.05, 3.63) is 95.6 Å². The Bertz CT molecular complexity index is 1120. The maximum Gasteiger partial charge on any atom is 0.264 e. The van der Waals surface area contributed by atoms with E-state index in [1.807, 2.05) is 44.2 Å². The Hall–Kier alpha value is -3.45. The highest BCUT2D eigenvalue weighted by atomic mass is 32.2. The van der Waals surface area contributed by atoms with E-state index in [2.05, 4.69) is 10.5 Å². The van der Waals surface area contributed by atoms with Crippen LogP contribution >= 0.6 is 0 Å². The normalized spacial score (nSPS) is 11.4. The van der Waals surface area contributed by atoms with E-state index in [0.29, 0.717) is 5.69 Å². The van der Waals surface area contributed by atoms with E-state index in [-0.39, 0.29) is 4.90 Å². The largest absolute Gasteiger partial charge is 0.271 e. The third-order valence-electron chi connectivity index (χ3n) is 4.42. The van der Waals surface area contributed by atoms with Crippen molar-refractivity contribution in [3.8, 4) is 0 Å². The molecule has 3 aromatic carbocycles. The molecule has 0 saturated carbocycles. The number of sulfonamides is 1. The first kappa shape index (κ1) is 21.3. The summed E-state index contributed by atoms with van der Waals surface area (Å²) in [5.74, 6) is -0.543. The zero-order valence-electron chi connectivity index (χ0n) is 16.8. The van der Waals surface area contributed by atoms with Gasteiger partial charge in [-0.2, -0.15) is 5.10 Å². The van der Waals surface area contributed by atoms with E-state index in [4.69, 9.17) is 0 Å². The van der Waals surface area contributed by atoms with Gasteiger partial charge >= 0.3 is 0 Å². The van der Waals surface area contributed by atoms with Crippen molar-refractivity contribution in [2.75, 3.05) is 10.8 Å². The fourth-order valence-corrected chi connectivity index (χ4v) is 4.17. The highest BCUT2D eigenvalue weighted by Crippen LogP contribution is 2.24. The van der Waals surface area contributed by atoms with Crippen molar-refractivity contribution in [2.24, 2.45) is 5.10 Å². The average Bonchev–Trinajstić information content (AvgIpc) is 2.74. The minimum absolute atomic E-state index is 0.120. The predicted octanol–water partition coefficient (Wildman–Crippen LogP) is 3.65. The molecule has 1 N–H and O–H groups in total. The van der Waals surface area contributed by atoms with E-state index in [9.17, 15) is 13.2 Å². The van der Waals surface area contributed by atoms with E-state index in [1.165, 1.54) is 18.3 Å². The summed E-state index contributed by atoms with van der Waals surface area (Å²) in [7, 11) is -3.94. The number of carbonyl (C=O) groups excluding carboxylic acids is 1. The van der Waals surface area contributed by atoms with Crippen LogP contribution in [-0.2, 0) is 14.8 Å². The number of benzene rings is 3. The van der Waals surface area contributed by atoms with Crippen LogP contribution in [0.5, 0.6) is 0 Å². The topological polar surface area (TPSA) is 78.8 Å². The minimum atomic E-state index is -3.94. The average molecular weight is 422 g/mol. The van der Waals surface area contributed by atoms with Crippen LogP contribution in [0.4, 0.5) is 5.69 Å². The highest BCUT2D eigenvalue weighted by molar-refractivity contribution is 7.92. The van der Waals surface area contributed by atoms with Crippen LogP contribution in [0.3, 0.4) is 0 Å². The van der Waals surface area contributed by atoms with Crippen LogP contribution < -0.4 is 9.73 Å². The highest BCUT2D eigenvalue weighted by Gasteiger charge is 2.27. The van der Waals surface area contributed by atoms with Crippen LogP contribution in [0.2, 0.25) is 0 Å². The SMILES string of the molecule is Cc1ccc(N(CC(=O)N/N=C\c2ccccc2)S(=O)(=O)c2ccc(C)cc2)cc1. The number of hydrogen-bond acceptors (Lipinski definition) is 4. The molecule has 0 aromatic heterocycles. The third kappa shape index (κ3) is 5.33. The Morgan fingerprint density at radius 3 is 2.07 bits per heavy atom. The standard InChI is InChI=1S/C23H23N3O3S/c1-18-8-12-21(13-9-18)26(30(28,29)22-14-10-19(2)11-15-22)17-23(27)25-24-16-20-6-4-3-5-7-20/h3-16H,17H2,1-2H3,(H,25,27)/b24-16-. The minimum Gasteiger partial charge on any atom is -0.271 e. The molecule has 0 bridgehead atoms. The lowest BCUT2D eigenvalue weighted by Crippen LogP contribution is -2.39. The Morgan fingerprint density at radius 2 is 1.47 bits per heavy atom. The first-order valence-electron chi connectivity index (χ1n) is 9.39. The lowest BCUT2D eigenvalue weighted by atomic mass is 10.2. The van der Waals surface area contributed by atoms with Crippen molar-refractivity contribution in [1.29, 1.82) is 0 Å². The number of carbonyl (C=O) groups is 1. The summed E-state index contributed by atoms with van der Waals surface area (Å²) >= 11 is 0. The summed E-state index contributed by atoms with van der Waals surface area (Å²) in [5.41, 5.74) is 5.56. The lowest BCUT2D eigenvalue weighted by Gasteiger charge is -2.24. The van der Waals surface area contributed by atoms with Crippen molar-refractivity contribution in [3.63, 3.8) is 0 Å². The summed E-state index contributed by atoms with van der Waals surface area (Å²) in [5, 5.41) is 3.92. The molecular weight excluding hydrogens is 398 g/mol. The first-order valence-corrected chi connectivity index (χ1v) is 10.8. The molecule has 0 aliphatic carbocycles. The first-order chi connectivity index (χ1) is 14.4. The molecule has 0 heterocycles. The molecule has 7 heteroatoms. The van der Waals surface area contributed by atoms with E-state index in [1.54, 1.807) is 36.4 Å². The fraction of sp³-hybridized carbons (Fsp3) is 0.130. The maximum atomic E-state index is 13.3. The molecule has 1 amide bonds. The number of hydrazone groups is 1. The van der Waals surface area contributed by atoms with Gasteiger partial charge in [-0.15, -0.1) is 0 Å². The van der Waals surface area contributed by atoms with Crippen molar-refractivity contribution in [1.82, 2.24) is 5.43 Å². The number of amides is 1. The molecule has 30 heavy (non-hydrogen) atoms. The number of rotatable bonds is 7. The second kappa shape index (κ2) is 9.37. The summed E-state index contributed by atoms with van der Waals surface area (Å²) in [6.07, 6.45) is 1.50. The van der Waals surface area contributed by atoms with Gasteiger partial charge in [-0.05, 0) is 43.7 Å². The molecule has 0 aliphatic rings. The van der Waals surface area contributed by atoms with Crippen LogP contribution in [0, 0.1) is 13.8 Å². The summed E-state index contributed by atoms with van der Waals surface area (Å²) in [6.45, 7) is 3.39. The summed E-state index contributed by atoms with van der Waals surface area (Å²) in [4.78, 5) is 12.6. The predicted molar refractivity (Wildman–Crippen MR) is 119 cm³/mol. The van der Waals surface area contributed by atoms with Gasteiger partial charge in [0.15, 0.2) is 0 Å². The number of hydrogen-bond donors (Lipinski definition) is 1. The molecule has 154 valence electrons. The third-order valence-corrected chi connectivity index (χ3v) is 6.21. The van der Waals surface area contributed by atoms with Gasteiger partial charge in [0.2, 0.25) is 0 Å². The molecule has 6 nitrogen and oxygen atoms in total. The van der Waals surface area contributed by atoms with Gasteiger partial charge in [0.25, 0.3) is 15.9 Å². The van der Waals surface area contributed by atoms with Crippen molar-refractivity contribution >= 4 is 27.8 Å². The van der Waals surface area contributed by atoms with Crippen LogP contribution in [-0.4, -0.2) is 27.1 Å². The number of nitrogens with one attached hydrogen (secondary N) is 1. The fourth-order valence-electron chi connectivity index (χ4n) is 2.75. The molecule has 0 aliphatic heterocycles. The van der Waals surface area contributed by atoms with E-state index in [0.717, 1.165) is 21.0 Å². The van der Waals surface area contributed by atoms with Gasteiger partial charge in [-0.25, -0.2) is 13.8 Å². The maximum absolute atomic E-state index is 13.3. The number of nitrogens with zero attached hydrogens (tertiary/aromatic N) is 2. The van der Waals surface area contributed by atoms with Gasteiger partial charge in [0.05, 0.1) is 16.8 Å². The zero-order valence-corrected chi connectivity index (χ0v) is 17.6. The van der Waals surface area contributed by atoms with E-state index < -0.39 is 22.5 Å². The van der Waals surface area contributed by atoms with Gasteiger partial charge in [-0.3, -0.25) is 9.10 Å².